The van der Waals surface area contributed by atoms with E-state index in [4.69, 9.17) is 0 Å². The molecule has 2 fully saturated rings. The van der Waals surface area contributed by atoms with E-state index >= 15 is 0 Å². The summed E-state index contributed by atoms with van der Waals surface area (Å²) in [5.41, 5.74) is -3.65. The highest BCUT2D eigenvalue weighted by molar-refractivity contribution is 6.25. The zero-order valence-electron chi connectivity index (χ0n) is 25.4. The van der Waals surface area contributed by atoms with E-state index in [1.54, 1.807) is 13.0 Å². The van der Waals surface area contributed by atoms with Gasteiger partial charge in [-0.25, -0.2) is 0 Å². The van der Waals surface area contributed by atoms with Crippen LogP contribution >= 0.6 is 0 Å². The van der Waals surface area contributed by atoms with Gasteiger partial charge < -0.3 is 20.4 Å². The van der Waals surface area contributed by atoms with Gasteiger partial charge >= 0.3 is 0 Å². The summed E-state index contributed by atoms with van der Waals surface area (Å²) < 4.78 is 0. The zero-order chi connectivity index (χ0) is 30.5. The standard InChI is InChI=1S/C35H44O7/c1-17(2)27-29(38)25(18(3)36)31(40)35(42)32(41)28-30(39)26-23(15-33(28,4)16-34(27,35)5)22(10-11-24(26)37)14-21(12-19-6-7-19)13-20-8-9-20/h10-11,17,19-21,27,37-38,41-42H,6-9,12-16H2,1-5H3/t27?,33-,34-,35+/m1/s1. The zero-order valence-corrected chi connectivity index (χ0v) is 25.4. The Labute approximate surface area is 247 Å². The van der Waals surface area contributed by atoms with E-state index < -0.39 is 51.0 Å². The SMILES string of the molecule is CC(=O)C1=C(O)C(C(C)C)[C@@]2(C)C[C@@]3(C)Cc4c(CC(CC5CC5)CC5CC5)ccc(O)c4C(=O)C3=C(O)[C@@]2(O)C1=O. The smallest absolute Gasteiger partial charge is 0.209 e. The first-order chi connectivity index (χ1) is 19.6. The molecule has 7 heteroatoms. The molecule has 0 bridgehead atoms. The number of aromatic hydroxyl groups is 1. The summed E-state index contributed by atoms with van der Waals surface area (Å²) >= 11 is 0. The lowest BCUT2D eigenvalue weighted by Gasteiger charge is -2.59. The molecular weight excluding hydrogens is 532 g/mol. The molecule has 0 spiro atoms. The molecule has 2 saturated carbocycles. The number of phenols is 1. The third kappa shape index (κ3) is 4.13. The maximum absolute atomic E-state index is 14.3. The first-order valence-corrected chi connectivity index (χ1v) is 15.7. The van der Waals surface area contributed by atoms with Crippen LogP contribution in [0.2, 0.25) is 0 Å². The fourth-order valence-corrected chi connectivity index (χ4v) is 9.21. The second-order valence-electron chi connectivity index (χ2n) is 15.0. The van der Waals surface area contributed by atoms with Crippen LogP contribution in [0.15, 0.2) is 34.8 Å². The summed E-state index contributed by atoms with van der Waals surface area (Å²) in [6.45, 7) is 8.37. The van der Waals surface area contributed by atoms with E-state index in [1.165, 1.54) is 38.5 Å². The van der Waals surface area contributed by atoms with Crippen LogP contribution in [0.4, 0.5) is 0 Å². The lowest BCUT2D eigenvalue weighted by atomic mass is 9.44. The van der Waals surface area contributed by atoms with E-state index in [-0.39, 0.29) is 35.0 Å². The molecule has 1 aromatic rings. The van der Waals surface area contributed by atoms with Crippen LogP contribution in [0, 0.1) is 40.4 Å². The predicted octanol–water partition coefficient (Wildman–Crippen LogP) is 6.11. The maximum atomic E-state index is 14.3. The Kier molecular flexibility index (Phi) is 6.62. The number of aliphatic hydroxyl groups is 3. The van der Waals surface area contributed by atoms with Crippen molar-refractivity contribution < 1.29 is 34.8 Å². The molecule has 1 unspecified atom stereocenters. The molecule has 5 aliphatic carbocycles. The molecule has 4 N–H and O–H groups in total. The number of aliphatic hydroxyl groups excluding tert-OH is 2. The minimum Gasteiger partial charge on any atom is -0.511 e. The molecule has 0 radical (unpaired) electrons. The van der Waals surface area contributed by atoms with Gasteiger partial charge in [0.2, 0.25) is 5.78 Å². The summed E-state index contributed by atoms with van der Waals surface area (Å²) in [6.07, 6.45) is 8.76. The number of allylic oxidation sites excluding steroid dienone is 2. The Hall–Kier alpha value is -2.93. The van der Waals surface area contributed by atoms with Crippen molar-refractivity contribution in [2.24, 2.45) is 40.4 Å². The summed E-state index contributed by atoms with van der Waals surface area (Å²) in [5.74, 6) is -2.74. The number of fused-ring (bicyclic) bond motifs is 3. The third-order valence-corrected chi connectivity index (χ3v) is 11.2. The number of carbonyl (C=O) groups excluding carboxylic acids is 3. The van der Waals surface area contributed by atoms with Gasteiger partial charge in [0.05, 0.1) is 5.56 Å². The summed E-state index contributed by atoms with van der Waals surface area (Å²) in [5, 5.41) is 46.3. The van der Waals surface area contributed by atoms with Crippen molar-refractivity contribution >= 4 is 17.3 Å². The Morgan fingerprint density at radius 3 is 2.12 bits per heavy atom. The number of benzene rings is 1. The number of ketones is 3. The van der Waals surface area contributed by atoms with Crippen LogP contribution in [0.5, 0.6) is 5.75 Å². The second-order valence-corrected chi connectivity index (χ2v) is 15.0. The first-order valence-electron chi connectivity index (χ1n) is 15.7. The van der Waals surface area contributed by atoms with Gasteiger partial charge in [0.15, 0.2) is 17.2 Å². The summed E-state index contributed by atoms with van der Waals surface area (Å²) in [6, 6.07) is 3.48. The Morgan fingerprint density at radius 2 is 1.60 bits per heavy atom. The number of hydrogen-bond donors (Lipinski definition) is 4. The summed E-state index contributed by atoms with van der Waals surface area (Å²) in [7, 11) is 0. The van der Waals surface area contributed by atoms with Crippen molar-refractivity contribution in [1.82, 2.24) is 0 Å². The van der Waals surface area contributed by atoms with E-state index in [9.17, 15) is 34.8 Å². The molecule has 226 valence electrons. The Morgan fingerprint density at radius 1 is 1.00 bits per heavy atom. The lowest BCUT2D eigenvalue weighted by molar-refractivity contribution is -0.171. The van der Waals surface area contributed by atoms with Crippen LogP contribution in [-0.4, -0.2) is 43.4 Å². The Balaban J connectivity index is 1.49. The van der Waals surface area contributed by atoms with Crippen molar-refractivity contribution in [2.75, 3.05) is 0 Å². The normalized spacial score (nSPS) is 32.8. The van der Waals surface area contributed by atoms with Gasteiger partial charge in [-0.3, -0.25) is 14.4 Å². The van der Waals surface area contributed by atoms with Crippen molar-refractivity contribution in [1.29, 1.82) is 0 Å². The van der Waals surface area contributed by atoms with Crippen LogP contribution in [0.1, 0.15) is 101 Å². The molecule has 0 amide bonds. The monoisotopic (exact) mass is 576 g/mol. The average molecular weight is 577 g/mol. The number of phenolic OH excluding ortho intramolecular Hbond substituents is 1. The van der Waals surface area contributed by atoms with Gasteiger partial charge in [-0.05, 0) is 79.9 Å². The minimum absolute atomic E-state index is 0.0879. The van der Waals surface area contributed by atoms with E-state index in [0.717, 1.165) is 36.3 Å². The Bertz CT molecular complexity index is 1440. The molecule has 0 aliphatic heterocycles. The lowest BCUT2D eigenvalue weighted by Crippen LogP contribution is -2.67. The molecule has 42 heavy (non-hydrogen) atoms. The van der Waals surface area contributed by atoms with Gasteiger partial charge in [0, 0.05) is 22.3 Å². The van der Waals surface area contributed by atoms with Gasteiger partial charge in [-0.15, -0.1) is 0 Å². The van der Waals surface area contributed by atoms with Crippen molar-refractivity contribution in [3.05, 3.63) is 51.5 Å². The molecule has 5 aliphatic rings. The topological polar surface area (TPSA) is 132 Å². The van der Waals surface area contributed by atoms with Gasteiger partial charge in [0.1, 0.15) is 22.8 Å². The molecule has 0 saturated heterocycles. The molecule has 1 aromatic carbocycles. The highest BCUT2D eigenvalue weighted by atomic mass is 16.3. The minimum atomic E-state index is -2.58. The number of hydrogen-bond acceptors (Lipinski definition) is 7. The van der Waals surface area contributed by atoms with E-state index in [2.05, 4.69) is 0 Å². The van der Waals surface area contributed by atoms with Crippen LogP contribution in [0.3, 0.4) is 0 Å². The second kappa shape index (κ2) is 9.54. The molecular formula is C35H44O7. The van der Waals surface area contributed by atoms with Crippen molar-refractivity contribution in [3.63, 3.8) is 0 Å². The number of Topliss-reactive ketones (excluding diaryl/α,β-unsaturated/α-hetero) is 3. The number of rotatable bonds is 8. The molecule has 0 heterocycles. The van der Waals surface area contributed by atoms with Crippen LogP contribution in [0.25, 0.3) is 0 Å². The van der Waals surface area contributed by atoms with Gasteiger partial charge in [0.25, 0.3) is 0 Å². The molecule has 7 nitrogen and oxygen atoms in total. The largest absolute Gasteiger partial charge is 0.511 e. The molecule has 6 rings (SSSR count). The highest BCUT2D eigenvalue weighted by Crippen LogP contribution is 2.65. The van der Waals surface area contributed by atoms with Crippen LogP contribution in [-0.2, 0) is 22.4 Å². The predicted molar refractivity (Wildman–Crippen MR) is 157 cm³/mol. The van der Waals surface area contributed by atoms with E-state index in [1.807, 2.05) is 26.8 Å². The molecule has 0 aromatic heterocycles. The van der Waals surface area contributed by atoms with E-state index in [0.29, 0.717) is 12.3 Å². The average Bonchev–Trinajstić information content (AvgIpc) is 3.80. The number of carbonyl (C=O) groups is 3. The van der Waals surface area contributed by atoms with Gasteiger partial charge in [-0.1, -0.05) is 59.4 Å². The maximum Gasteiger partial charge on any atom is 0.209 e. The van der Waals surface area contributed by atoms with Gasteiger partial charge in [-0.2, -0.15) is 0 Å². The first kappa shape index (κ1) is 29.2. The van der Waals surface area contributed by atoms with Crippen molar-refractivity contribution in [2.45, 2.75) is 98.0 Å². The third-order valence-electron chi connectivity index (χ3n) is 11.2. The molecule has 4 atom stereocenters. The summed E-state index contributed by atoms with van der Waals surface area (Å²) in [4.78, 5) is 40.7. The fourth-order valence-electron chi connectivity index (χ4n) is 9.21. The van der Waals surface area contributed by atoms with Crippen molar-refractivity contribution in [3.8, 4) is 5.75 Å². The fraction of sp³-hybridized carbons (Fsp3) is 0.629. The quantitative estimate of drug-likeness (QED) is 0.275. The van der Waals surface area contributed by atoms with Crippen LogP contribution < -0.4 is 0 Å². The highest BCUT2D eigenvalue weighted by Gasteiger charge is 2.71.